The summed E-state index contributed by atoms with van der Waals surface area (Å²) >= 11 is 0. The zero-order valence-electron chi connectivity index (χ0n) is 13.2. The van der Waals surface area contributed by atoms with Crippen LogP contribution in [0.3, 0.4) is 0 Å². The van der Waals surface area contributed by atoms with E-state index in [0.717, 1.165) is 37.3 Å². The Balaban J connectivity index is 1.67. The maximum absolute atomic E-state index is 12.5. The van der Waals surface area contributed by atoms with E-state index in [9.17, 15) is 9.90 Å². The fourth-order valence-corrected chi connectivity index (χ4v) is 3.08. The van der Waals surface area contributed by atoms with Crippen LogP contribution in [0, 0.1) is 5.92 Å². The minimum absolute atomic E-state index is 0.0517. The van der Waals surface area contributed by atoms with Crippen LogP contribution in [0.2, 0.25) is 0 Å². The van der Waals surface area contributed by atoms with Crippen LogP contribution in [0.4, 0.5) is 5.69 Å². The zero-order chi connectivity index (χ0) is 15.7. The average Bonchev–Trinajstić information content (AvgIpc) is 3.16. The Kier molecular flexibility index (Phi) is 4.16. The molecule has 2 aliphatic rings. The van der Waals surface area contributed by atoms with Gasteiger partial charge in [0, 0.05) is 43.2 Å². The van der Waals surface area contributed by atoms with Crippen LogP contribution in [-0.4, -0.2) is 47.4 Å². The van der Waals surface area contributed by atoms with Crippen LogP contribution in [0.25, 0.3) is 0 Å². The lowest BCUT2D eigenvalue weighted by Gasteiger charge is -2.18. The molecule has 0 aromatic heterocycles. The van der Waals surface area contributed by atoms with Gasteiger partial charge in [-0.15, -0.1) is 0 Å². The van der Waals surface area contributed by atoms with Gasteiger partial charge in [0.2, 0.25) is 0 Å². The fraction of sp³-hybridized carbons (Fsp3) is 0.529. The highest BCUT2D eigenvalue weighted by molar-refractivity contribution is 5.95. The van der Waals surface area contributed by atoms with Crippen LogP contribution < -0.4 is 5.01 Å². The molecule has 118 valence electrons. The first-order chi connectivity index (χ1) is 10.5. The molecule has 5 nitrogen and oxygen atoms in total. The van der Waals surface area contributed by atoms with Crippen LogP contribution in [0.1, 0.15) is 37.0 Å². The lowest BCUT2D eigenvalue weighted by atomic mass is 10.0. The Bertz CT molecular complexity index is 580. The minimum atomic E-state index is -0.351. The number of carbonyl (C=O) groups is 1. The van der Waals surface area contributed by atoms with Crippen molar-refractivity contribution in [2.45, 2.75) is 32.8 Å². The third kappa shape index (κ3) is 2.99. The number of likely N-dealkylation sites (tertiary alicyclic amines) is 1. The number of benzene rings is 1. The molecule has 2 atom stereocenters. The molecule has 0 saturated carbocycles. The molecule has 22 heavy (non-hydrogen) atoms. The van der Waals surface area contributed by atoms with Crippen molar-refractivity contribution in [1.29, 1.82) is 0 Å². The number of hydrogen-bond acceptors (Lipinski definition) is 4. The van der Waals surface area contributed by atoms with E-state index in [4.69, 9.17) is 0 Å². The third-order valence-electron chi connectivity index (χ3n) is 4.58. The Hall–Kier alpha value is -1.88. The van der Waals surface area contributed by atoms with Gasteiger partial charge < -0.3 is 10.0 Å². The summed E-state index contributed by atoms with van der Waals surface area (Å²) in [6.07, 6.45) is 1.52. The molecular formula is C17H23N3O2. The van der Waals surface area contributed by atoms with Gasteiger partial charge in [0.05, 0.1) is 11.8 Å². The molecule has 2 aliphatic heterocycles. The van der Waals surface area contributed by atoms with Gasteiger partial charge in [-0.05, 0) is 44.5 Å². The van der Waals surface area contributed by atoms with Gasteiger partial charge in [0.15, 0.2) is 0 Å². The topological polar surface area (TPSA) is 56.1 Å². The lowest BCUT2D eigenvalue weighted by Crippen LogP contribution is -2.30. The van der Waals surface area contributed by atoms with Crippen LogP contribution in [0.15, 0.2) is 29.4 Å². The molecule has 0 bridgehead atoms. The quantitative estimate of drug-likeness (QED) is 0.930. The first kappa shape index (κ1) is 15.0. The number of amides is 1. The van der Waals surface area contributed by atoms with Gasteiger partial charge in [0.1, 0.15) is 0 Å². The summed E-state index contributed by atoms with van der Waals surface area (Å²) in [6.45, 7) is 6.11. The Morgan fingerprint density at radius 2 is 2.05 bits per heavy atom. The molecule has 2 heterocycles. The molecule has 1 fully saturated rings. The van der Waals surface area contributed by atoms with Gasteiger partial charge in [-0.25, -0.2) is 0 Å². The van der Waals surface area contributed by atoms with Crippen molar-refractivity contribution >= 4 is 17.3 Å². The summed E-state index contributed by atoms with van der Waals surface area (Å²) in [5.74, 6) is 0.251. The molecule has 1 saturated heterocycles. The van der Waals surface area contributed by atoms with Crippen molar-refractivity contribution in [3.05, 3.63) is 29.8 Å². The van der Waals surface area contributed by atoms with E-state index in [1.165, 1.54) is 0 Å². The summed E-state index contributed by atoms with van der Waals surface area (Å²) in [5.41, 5.74) is 2.87. The van der Waals surface area contributed by atoms with Crippen molar-refractivity contribution in [2.75, 3.05) is 24.6 Å². The normalized spacial score (nSPS) is 22.9. The SMILES string of the molecule is CC1=NN(c2ccc(C(=O)N3CCC(C(C)O)C3)cc2)CC1. The van der Waals surface area contributed by atoms with Crippen molar-refractivity contribution in [3.8, 4) is 0 Å². The molecule has 0 aliphatic carbocycles. The second kappa shape index (κ2) is 6.08. The fourth-order valence-electron chi connectivity index (χ4n) is 3.08. The Labute approximate surface area is 131 Å². The molecule has 1 amide bonds. The first-order valence-electron chi connectivity index (χ1n) is 7.93. The number of aliphatic hydroxyl groups is 1. The van der Waals surface area contributed by atoms with E-state index in [-0.39, 0.29) is 17.9 Å². The van der Waals surface area contributed by atoms with Crippen molar-refractivity contribution in [3.63, 3.8) is 0 Å². The van der Waals surface area contributed by atoms with Crippen LogP contribution >= 0.6 is 0 Å². The maximum Gasteiger partial charge on any atom is 0.253 e. The van der Waals surface area contributed by atoms with Gasteiger partial charge >= 0.3 is 0 Å². The number of nitrogens with zero attached hydrogens (tertiary/aromatic N) is 3. The van der Waals surface area contributed by atoms with E-state index >= 15 is 0 Å². The zero-order valence-corrected chi connectivity index (χ0v) is 13.2. The highest BCUT2D eigenvalue weighted by atomic mass is 16.3. The summed E-state index contributed by atoms with van der Waals surface area (Å²) in [7, 11) is 0. The summed E-state index contributed by atoms with van der Waals surface area (Å²) in [6, 6.07) is 7.65. The standard InChI is InChI=1S/C17H23N3O2/c1-12-7-10-20(18-12)16-5-3-14(4-6-16)17(22)19-9-8-15(11-19)13(2)21/h3-6,13,15,21H,7-11H2,1-2H3. The molecule has 0 radical (unpaired) electrons. The second-order valence-electron chi connectivity index (χ2n) is 6.30. The second-order valence-corrected chi connectivity index (χ2v) is 6.30. The predicted molar refractivity (Wildman–Crippen MR) is 87.2 cm³/mol. The van der Waals surface area contributed by atoms with Crippen LogP contribution in [0.5, 0.6) is 0 Å². The molecule has 3 rings (SSSR count). The maximum atomic E-state index is 12.5. The van der Waals surface area contributed by atoms with Crippen molar-refractivity contribution < 1.29 is 9.90 Å². The van der Waals surface area contributed by atoms with Gasteiger partial charge in [-0.2, -0.15) is 5.10 Å². The largest absolute Gasteiger partial charge is 0.393 e. The first-order valence-corrected chi connectivity index (χ1v) is 7.93. The number of rotatable bonds is 3. The molecule has 1 N–H and O–H groups in total. The number of carbonyl (C=O) groups excluding carboxylic acids is 1. The summed E-state index contributed by atoms with van der Waals surface area (Å²) in [4.78, 5) is 14.3. The third-order valence-corrected chi connectivity index (χ3v) is 4.58. The molecular weight excluding hydrogens is 278 g/mol. The Morgan fingerprint density at radius 1 is 1.32 bits per heavy atom. The van der Waals surface area contributed by atoms with E-state index in [0.29, 0.717) is 12.1 Å². The van der Waals surface area contributed by atoms with E-state index < -0.39 is 0 Å². The molecule has 1 aromatic rings. The predicted octanol–water partition coefficient (Wildman–Crippen LogP) is 2.12. The molecule has 1 aromatic carbocycles. The van der Waals surface area contributed by atoms with E-state index in [2.05, 4.69) is 5.10 Å². The van der Waals surface area contributed by atoms with E-state index in [1.54, 1.807) is 6.92 Å². The Morgan fingerprint density at radius 3 is 2.59 bits per heavy atom. The number of hydrogen-bond donors (Lipinski definition) is 1. The highest BCUT2D eigenvalue weighted by Crippen LogP contribution is 2.24. The van der Waals surface area contributed by atoms with Gasteiger partial charge in [-0.3, -0.25) is 9.80 Å². The van der Waals surface area contributed by atoms with Crippen molar-refractivity contribution in [1.82, 2.24) is 4.90 Å². The number of hydrazone groups is 1. The lowest BCUT2D eigenvalue weighted by molar-refractivity contribution is 0.0762. The molecule has 0 spiro atoms. The number of aliphatic hydroxyl groups excluding tert-OH is 1. The smallest absolute Gasteiger partial charge is 0.253 e. The van der Waals surface area contributed by atoms with Gasteiger partial charge in [0.25, 0.3) is 5.91 Å². The van der Waals surface area contributed by atoms with Crippen molar-refractivity contribution in [2.24, 2.45) is 11.0 Å². The highest BCUT2D eigenvalue weighted by Gasteiger charge is 2.29. The van der Waals surface area contributed by atoms with Crippen LogP contribution in [-0.2, 0) is 0 Å². The molecule has 2 unspecified atom stereocenters. The number of anilines is 1. The summed E-state index contributed by atoms with van der Waals surface area (Å²) < 4.78 is 0. The average molecular weight is 301 g/mol. The summed E-state index contributed by atoms with van der Waals surface area (Å²) in [5, 5.41) is 16.1. The minimum Gasteiger partial charge on any atom is -0.393 e. The van der Waals surface area contributed by atoms with Gasteiger partial charge in [-0.1, -0.05) is 0 Å². The molecule has 5 heteroatoms. The van der Waals surface area contributed by atoms with E-state index in [1.807, 2.05) is 41.1 Å². The monoisotopic (exact) mass is 301 g/mol.